The van der Waals surface area contributed by atoms with E-state index < -0.39 is 0 Å². The SMILES string of the molecule is CCNC(Cc1cc(Br)cs1)Cc1ccccc1Cl. The molecule has 1 N–H and O–H groups in total. The average molecular weight is 359 g/mol. The van der Waals surface area contributed by atoms with Crippen LogP contribution in [0.15, 0.2) is 40.2 Å². The molecule has 0 aliphatic heterocycles. The highest BCUT2D eigenvalue weighted by Gasteiger charge is 2.12. The maximum atomic E-state index is 6.24. The van der Waals surface area contributed by atoms with E-state index in [1.807, 2.05) is 18.2 Å². The molecule has 1 aromatic heterocycles. The summed E-state index contributed by atoms with van der Waals surface area (Å²) in [6.45, 7) is 3.12. The smallest absolute Gasteiger partial charge is 0.0438 e. The molecule has 2 rings (SSSR count). The molecule has 0 fully saturated rings. The van der Waals surface area contributed by atoms with Gasteiger partial charge < -0.3 is 5.32 Å². The van der Waals surface area contributed by atoms with Crippen LogP contribution >= 0.6 is 38.9 Å². The second-order valence-electron chi connectivity index (χ2n) is 4.49. The quantitative estimate of drug-likeness (QED) is 0.772. The highest BCUT2D eigenvalue weighted by Crippen LogP contribution is 2.23. The largest absolute Gasteiger partial charge is 0.314 e. The summed E-state index contributed by atoms with van der Waals surface area (Å²) in [4.78, 5) is 1.39. The van der Waals surface area contributed by atoms with Crippen molar-refractivity contribution in [2.75, 3.05) is 6.54 Å². The van der Waals surface area contributed by atoms with Crippen molar-refractivity contribution in [2.45, 2.75) is 25.8 Å². The van der Waals surface area contributed by atoms with Crippen LogP contribution in [0, 0.1) is 0 Å². The van der Waals surface area contributed by atoms with Gasteiger partial charge in [-0.3, -0.25) is 0 Å². The Balaban J connectivity index is 2.06. The first-order valence-electron chi connectivity index (χ1n) is 6.38. The molecule has 1 unspecified atom stereocenters. The van der Waals surface area contributed by atoms with Crippen molar-refractivity contribution < 1.29 is 0 Å². The molecule has 19 heavy (non-hydrogen) atoms. The molecule has 0 bridgehead atoms. The van der Waals surface area contributed by atoms with Gasteiger partial charge in [0, 0.05) is 25.8 Å². The van der Waals surface area contributed by atoms with Crippen molar-refractivity contribution in [3.8, 4) is 0 Å². The second kappa shape index (κ2) is 7.44. The Morgan fingerprint density at radius 3 is 2.74 bits per heavy atom. The van der Waals surface area contributed by atoms with Gasteiger partial charge in [0.1, 0.15) is 0 Å². The van der Waals surface area contributed by atoms with Crippen LogP contribution in [-0.4, -0.2) is 12.6 Å². The fourth-order valence-electron chi connectivity index (χ4n) is 2.14. The van der Waals surface area contributed by atoms with Crippen LogP contribution in [-0.2, 0) is 12.8 Å². The molecule has 1 heterocycles. The van der Waals surface area contributed by atoms with Gasteiger partial charge >= 0.3 is 0 Å². The molecule has 0 radical (unpaired) electrons. The van der Waals surface area contributed by atoms with Gasteiger partial charge in [0.2, 0.25) is 0 Å². The fourth-order valence-corrected chi connectivity index (χ4v) is 3.88. The molecule has 1 nitrogen and oxygen atoms in total. The Bertz CT molecular complexity index is 526. The van der Waals surface area contributed by atoms with Gasteiger partial charge in [0.25, 0.3) is 0 Å². The van der Waals surface area contributed by atoms with Gasteiger partial charge in [-0.05, 0) is 53.0 Å². The van der Waals surface area contributed by atoms with E-state index in [1.165, 1.54) is 14.9 Å². The summed E-state index contributed by atoms with van der Waals surface area (Å²) in [6, 6.07) is 10.7. The number of hydrogen-bond acceptors (Lipinski definition) is 2. The lowest BCUT2D eigenvalue weighted by Gasteiger charge is -2.18. The molecule has 4 heteroatoms. The third-order valence-corrected chi connectivity index (χ3v) is 5.07. The van der Waals surface area contributed by atoms with Crippen LogP contribution in [0.1, 0.15) is 17.4 Å². The third kappa shape index (κ3) is 4.60. The molecule has 0 saturated carbocycles. The zero-order valence-corrected chi connectivity index (χ0v) is 14.0. The lowest BCUT2D eigenvalue weighted by Crippen LogP contribution is -2.32. The predicted octanol–water partition coefficient (Wildman–Crippen LogP) is 4.93. The molecule has 0 saturated heterocycles. The van der Waals surface area contributed by atoms with Crippen LogP contribution < -0.4 is 5.32 Å². The van der Waals surface area contributed by atoms with Gasteiger partial charge in [-0.25, -0.2) is 0 Å². The number of thiophene rings is 1. The maximum absolute atomic E-state index is 6.24. The van der Waals surface area contributed by atoms with Gasteiger partial charge in [-0.15, -0.1) is 11.3 Å². The Morgan fingerprint density at radius 1 is 1.32 bits per heavy atom. The highest BCUT2D eigenvalue weighted by atomic mass is 79.9. The standard InChI is InChI=1S/C15H17BrClNS/c1-2-18-13(9-14-8-12(16)10-19-14)7-11-5-3-4-6-15(11)17/h3-6,8,10,13,18H,2,7,9H2,1H3. The van der Waals surface area contributed by atoms with Crippen LogP contribution in [0.5, 0.6) is 0 Å². The van der Waals surface area contributed by atoms with Crippen LogP contribution in [0.3, 0.4) is 0 Å². The maximum Gasteiger partial charge on any atom is 0.0438 e. The molecule has 0 aliphatic carbocycles. The van der Waals surface area contributed by atoms with E-state index in [-0.39, 0.29) is 0 Å². The van der Waals surface area contributed by atoms with Crippen LogP contribution in [0.25, 0.3) is 0 Å². The minimum absolute atomic E-state index is 0.426. The summed E-state index contributed by atoms with van der Waals surface area (Å²) in [7, 11) is 0. The topological polar surface area (TPSA) is 12.0 Å². The zero-order chi connectivity index (χ0) is 13.7. The highest BCUT2D eigenvalue weighted by molar-refractivity contribution is 9.10. The van der Waals surface area contributed by atoms with Crippen molar-refractivity contribution >= 4 is 38.9 Å². The molecular formula is C15H17BrClNS. The van der Waals surface area contributed by atoms with Gasteiger partial charge in [0.15, 0.2) is 0 Å². The number of likely N-dealkylation sites (N-methyl/N-ethyl adjacent to an activating group) is 1. The number of halogens is 2. The third-order valence-electron chi connectivity index (χ3n) is 2.99. The molecule has 1 aromatic carbocycles. The van der Waals surface area contributed by atoms with E-state index in [1.54, 1.807) is 11.3 Å². The molecule has 0 amide bonds. The van der Waals surface area contributed by atoms with E-state index in [9.17, 15) is 0 Å². The van der Waals surface area contributed by atoms with Crippen molar-refractivity contribution in [1.29, 1.82) is 0 Å². The van der Waals surface area contributed by atoms with Gasteiger partial charge in [-0.2, -0.15) is 0 Å². The van der Waals surface area contributed by atoms with Gasteiger partial charge in [0.05, 0.1) is 0 Å². The lowest BCUT2D eigenvalue weighted by atomic mass is 10.0. The number of nitrogens with one attached hydrogen (secondary N) is 1. The van der Waals surface area contributed by atoms with Crippen LogP contribution in [0.4, 0.5) is 0 Å². The van der Waals surface area contributed by atoms with E-state index >= 15 is 0 Å². The zero-order valence-electron chi connectivity index (χ0n) is 10.8. The molecule has 102 valence electrons. The summed E-state index contributed by atoms with van der Waals surface area (Å²) in [5.74, 6) is 0. The fraction of sp³-hybridized carbons (Fsp3) is 0.333. The summed E-state index contributed by atoms with van der Waals surface area (Å²) in [5, 5.41) is 6.54. The first-order valence-corrected chi connectivity index (χ1v) is 8.43. The molecule has 1 atom stereocenters. The average Bonchev–Trinajstić information content (AvgIpc) is 2.78. The molecular weight excluding hydrogens is 342 g/mol. The normalized spacial score (nSPS) is 12.6. The van der Waals surface area contributed by atoms with Crippen LogP contribution in [0.2, 0.25) is 5.02 Å². The minimum Gasteiger partial charge on any atom is -0.314 e. The molecule has 0 spiro atoms. The summed E-state index contributed by atoms with van der Waals surface area (Å²) < 4.78 is 1.17. The number of rotatable bonds is 6. The summed E-state index contributed by atoms with van der Waals surface area (Å²) >= 11 is 11.5. The van der Waals surface area contributed by atoms with E-state index in [0.29, 0.717) is 6.04 Å². The summed E-state index contributed by atoms with van der Waals surface area (Å²) in [6.07, 6.45) is 2.00. The van der Waals surface area contributed by atoms with E-state index in [0.717, 1.165) is 24.4 Å². The monoisotopic (exact) mass is 357 g/mol. The molecule has 0 aliphatic rings. The predicted molar refractivity (Wildman–Crippen MR) is 88.3 cm³/mol. The van der Waals surface area contributed by atoms with Crippen molar-refractivity contribution in [3.05, 3.63) is 55.6 Å². The second-order valence-corrected chi connectivity index (χ2v) is 6.80. The Kier molecular flexibility index (Phi) is 5.89. The van der Waals surface area contributed by atoms with E-state index in [2.05, 4.69) is 45.7 Å². The number of benzene rings is 1. The van der Waals surface area contributed by atoms with Crippen molar-refractivity contribution in [3.63, 3.8) is 0 Å². The van der Waals surface area contributed by atoms with E-state index in [4.69, 9.17) is 11.6 Å². The number of hydrogen-bond donors (Lipinski definition) is 1. The lowest BCUT2D eigenvalue weighted by molar-refractivity contribution is 0.524. The van der Waals surface area contributed by atoms with Crippen molar-refractivity contribution in [2.24, 2.45) is 0 Å². The Hall–Kier alpha value is -0.350. The molecule has 2 aromatic rings. The first kappa shape index (κ1) is 15.0. The van der Waals surface area contributed by atoms with Crippen molar-refractivity contribution in [1.82, 2.24) is 5.32 Å². The summed E-state index contributed by atoms with van der Waals surface area (Å²) in [5.41, 5.74) is 1.21. The Labute approximate surface area is 132 Å². The first-order chi connectivity index (χ1) is 9.19. The van der Waals surface area contributed by atoms with Gasteiger partial charge in [-0.1, -0.05) is 36.7 Å². The minimum atomic E-state index is 0.426. The Morgan fingerprint density at radius 2 is 2.11 bits per heavy atom.